The van der Waals surface area contributed by atoms with E-state index in [9.17, 15) is 0 Å². The van der Waals surface area contributed by atoms with Gasteiger partial charge in [-0.25, -0.2) is 4.57 Å². The molecule has 0 aliphatic carbocycles. The van der Waals surface area contributed by atoms with E-state index in [0.29, 0.717) is 0 Å². The zero-order valence-corrected chi connectivity index (χ0v) is 10.5. The van der Waals surface area contributed by atoms with E-state index in [0.717, 1.165) is 0 Å². The Morgan fingerprint density at radius 1 is 0.933 bits per heavy atom. The molecule has 0 fully saturated rings. The molecule has 0 atom stereocenters. The molecule has 0 aromatic carbocycles. The molecule has 0 amide bonds. The van der Waals surface area contributed by atoms with Crippen LogP contribution in [0.25, 0.3) is 0 Å². The molecule has 0 saturated carbocycles. The van der Waals surface area contributed by atoms with E-state index in [2.05, 4.69) is 0 Å². The normalized spacial score (nSPS) is 7.80. The van der Waals surface area contributed by atoms with E-state index in [1.54, 1.807) is 0 Å². The molecule has 15 heavy (non-hydrogen) atoms. The Labute approximate surface area is 143 Å². The van der Waals surface area contributed by atoms with Gasteiger partial charge in [0.15, 0.2) is 0 Å². The summed E-state index contributed by atoms with van der Waals surface area (Å²) in [6, 6.07) is 0. The van der Waals surface area contributed by atoms with Crippen molar-refractivity contribution in [1.29, 1.82) is 0 Å². The first-order chi connectivity index (χ1) is 4.00. The van der Waals surface area contributed by atoms with Crippen molar-refractivity contribution in [3.05, 3.63) is 0 Å². The van der Waals surface area contributed by atoms with Gasteiger partial charge >= 0.3 is 75.0 Å². The molecule has 1 radical (unpaired) electrons. The molecule has 96 valence electrons. The second-order valence-corrected chi connectivity index (χ2v) is 3.25. The second kappa shape index (κ2) is 19.2. The molecule has 0 aromatic heterocycles. The molecule has 0 heterocycles. The van der Waals surface area contributed by atoms with E-state index < -0.39 is 21.2 Å². The topological polar surface area (TPSA) is 152 Å². The summed E-state index contributed by atoms with van der Waals surface area (Å²) in [5, 5.41) is 0. The van der Waals surface area contributed by atoms with Crippen molar-refractivity contribution in [2.24, 2.45) is 0 Å². The minimum atomic E-state index is -5.12. The molecule has 5 N–H and O–H groups in total. The van der Waals surface area contributed by atoms with E-state index in [1.807, 2.05) is 0 Å². The summed E-state index contributed by atoms with van der Waals surface area (Å²) in [6.07, 6.45) is 0. The fraction of sp³-hybridized carbons (Fsp3) is 0. The van der Waals surface area contributed by atoms with Crippen LogP contribution in [0.2, 0.25) is 0 Å². The van der Waals surface area contributed by atoms with E-state index in [-0.39, 0.29) is 88.1 Å². The Balaban J connectivity index is -0.0000000128. The summed E-state index contributed by atoms with van der Waals surface area (Å²) in [6.45, 7) is 0. The molecule has 0 rings (SSSR count). The van der Waals surface area contributed by atoms with Crippen LogP contribution in [0.15, 0.2) is 0 Å². The van der Waals surface area contributed by atoms with Crippen LogP contribution in [0, 0.1) is 0 Å². The van der Waals surface area contributed by atoms with Crippen LogP contribution in [0.3, 0.4) is 0 Å². The van der Waals surface area contributed by atoms with Crippen molar-refractivity contribution in [3.8, 4) is 0 Å². The third-order valence-electron chi connectivity index (χ3n) is 0. The van der Waals surface area contributed by atoms with Crippen LogP contribution < -0.4 is 0 Å². The van der Waals surface area contributed by atoms with Crippen molar-refractivity contribution in [2.75, 3.05) is 0 Å². The van der Waals surface area contributed by atoms with Crippen LogP contribution in [0.4, 0.5) is 0 Å². The fourth-order valence-electron chi connectivity index (χ4n) is 0. The molecule has 0 bridgehead atoms. The van der Waals surface area contributed by atoms with Crippen molar-refractivity contribution >= 4 is 45.5 Å². The average Bonchev–Trinajstić information content (AvgIpc) is 1.12. The van der Waals surface area contributed by atoms with Crippen molar-refractivity contribution < 1.29 is 99.0 Å². The maximum absolute atomic E-state index is 8.88. The Morgan fingerprint density at radius 2 is 0.933 bits per heavy atom. The first-order valence-electron chi connectivity index (χ1n) is 1.43. The molecule has 0 saturated heterocycles. The van der Waals surface area contributed by atoms with Gasteiger partial charge in [-0.1, -0.05) is 0 Å². The Kier molecular flexibility index (Phi) is 55.1. The van der Waals surface area contributed by atoms with Crippen molar-refractivity contribution in [2.45, 2.75) is 0 Å². The third-order valence-corrected chi connectivity index (χ3v) is 0. The number of hydrogen-bond acceptors (Lipinski definition) is 3. The molecule has 0 aromatic rings. The van der Waals surface area contributed by atoms with Crippen molar-refractivity contribution in [3.63, 3.8) is 0 Å². The summed E-state index contributed by atoms with van der Waals surface area (Å²) < 4.78 is 40.7. The molecule has 8 nitrogen and oxygen atoms in total. The van der Waals surface area contributed by atoms with Crippen LogP contribution in [0.5, 0.6) is 0 Å². The predicted octanol–water partition coefficient (Wildman–Crippen LogP) is -3.59. The predicted molar refractivity (Wildman–Crippen MR) is 34.4 cm³/mol. The van der Waals surface area contributed by atoms with Gasteiger partial charge in [0.1, 0.15) is 0 Å². The maximum atomic E-state index is 8.88. The van der Waals surface area contributed by atoms with Crippen LogP contribution >= 0.6 is 7.82 Å². The van der Waals surface area contributed by atoms with Gasteiger partial charge in [0, 0.05) is 50.3 Å². The van der Waals surface area contributed by atoms with E-state index in [4.69, 9.17) is 35.3 Å². The zero-order chi connectivity index (χ0) is 9.00. The molecular formula is H7CoFeLi2MnNiO8P. The summed E-state index contributed by atoms with van der Waals surface area (Å²) in [7, 11) is -4.64. The quantitative estimate of drug-likeness (QED) is 0.204. The fourth-order valence-corrected chi connectivity index (χ4v) is 0. The number of hydrogen-bond donors (Lipinski definition) is 5. The monoisotopic (exact) mass is 408 g/mol. The van der Waals surface area contributed by atoms with Crippen LogP contribution in [-0.2, 0) is 75.9 Å². The van der Waals surface area contributed by atoms with Gasteiger partial charge in [0.05, 0.1) is 0 Å². The summed E-state index contributed by atoms with van der Waals surface area (Å²) >= 11 is -5.12. The first kappa shape index (κ1) is 43.0. The van der Waals surface area contributed by atoms with Gasteiger partial charge in [-0.3, -0.25) is 0 Å². The standard InChI is InChI=1S/Co.Fe.2Li.Mn.Ni.H3O4P.2H2O.2O.2H/c;;;;;;1-5(2,3)4;;;;;;/h;;;;;;(H3,1,2,3,4);2*1H2;;;;/q;;;;+2;;;;;;;;/p-2. The number of rotatable bonds is 0. The Hall–Kier alpha value is 2.86. The third kappa shape index (κ3) is 454. The van der Waals surface area contributed by atoms with Crippen LogP contribution in [0.1, 0.15) is 0 Å². The summed E-state index contributed by atoms with van der Waals surface area (Å²) in [5.74, 6) is 0. The van der Waals surface area contributed by atoms with Gasteiger partial charge in [-0.2, -0.15) is 0 Å². The molecule has 0 spiro atoms. The molecule has 0 aliphatic heterocycles. The van der Waals surface area contributed by atoms with Gasteiger partial charge in [0.2, 0.25) is 0 Å². The van der Waals surface area contributed by atoms with Crippen LogP contribution in [-0.4, -0.2) is 60.8 Å². The Bertz CT molecular complexity index is 211. The number of phosphoric acid groups is 1. The Morgan fingerprint density at radius 3 is 0.933 bits per heavy atom. The molecule has 0 unspecified atom stereocenters. The molecular weight excluding hydrogens is 401 g/mol. The first-order valence-corrected chi connectivity index (χ1v) is 5.01. The van der Waals surface area contributed by atoms with E-state index in [1.165, 1.54) is 0 Å². The summed E-state index contributed by atoms with van der Waals surface area (Å²) in [5.41, 5.74) is 0. The average molecular weight is 408 g/mol. The van der Waals surface area contributed by atoms with Gasteiger partial charge < -0.3 is 14.7 Å². The van der Waals surface area contributed by atoms with Gasteiger partial charge in [-0.05, 0) is 0 Å². The summed E-state index contributed by atoms with van der Waals surface area (Å²) in [4.78, 5) is 21.6. The van der Waals surface area contributed by atoms with E-state index >= 15 is 0 Å². The molecule has 15 heteroatoms. The SMILES string of the molecule is O=P(O)(O)O.[Co].[Fe].[LiH].[LiH].[Ni].[O]=[Mn](=[O])([OH])[OH]. The molecule has 0 aliphatic rings. The minimum absolute atomic E-state index is 0. The van der Waals surface area contributed by atoms with Gasteiger partial charge in [0.25, 0.3) is 0 Å². The zero-order valence-electron chi connectivity index (χ0n) is 5.29. The van der Waals surface area contributed by atoms with Crippen molar-refractivity contribution in [1.82, 2.24) is 0 Å². The second-order valence-electron chi connectivity index (χ2n) is 0.928. The van der Waals surface area contributed by atoms with Gasteiger partial charge in [-0.15, -0.1) is 0 Å².